The summed E-state index contributed by atoms with van der Waals surface area (Å²) in [6.45, 7) is 2.84. The Kier molecular flexibility index (Phi) is 3.21. The van der Waals surface area contributed by atoms with Crippen molar-refractivity contribution in [2.75, 3.05) is 13.1 Å². The Morgan fingerprint density at radius 2 is 2.06 bits per heavy atom. The van der Waals surface area contributed by atoms with Crippen LogP contribution in [0.1, 0.15) is 23.7 Å². The summed E-state index contributed by atoms with van der Waals surface area (Å²) in [6, 6.07) is 7.50. The number of aliphatic hydroxyl groups is 1. The number of carbonyl (C=O) groups excluding carboxylic acids is 1. The lowest BCUT2D eigenvalue weighted by atomic mass is 10.1. The number of nitrogens with zero attached hydrogens (tertiary/aromatic N) is 1. The van der Waals surface area contributed by atoms with Gasteiger partial charge in [-0.15, -0.1) is 0 Å². The minimum atomic E-state index is -0.723. The molecule has 2 rings (SSSR count). The zero-order valence-corrected chi connectivity index (χ0v) is 11.3. The Hall–Kier alpha value is -0.620. The fraction of sp³-hybridized carbons (Fsp3) is 0.417. The molecule has 4 heteroatoms. The maximum Gasteiger partial charge on any atom is 0.253 e. The van der Waals surface area contributed by atoms with Crippen LogP contribution >= 0.6 is 22.6 Å². The first-order chi connectivity index (χ1) is 7.48. The molecule has 1 unspecified atom stereocenters. The second-order valence-corrected chi connectivity index (χ2v) is 5.73. The van der Waals surface area contributed by atoms with Crippen LogP contribution in [0.25, 0.3) is 0 Å². The summed E-state index contributed by atoms with van der Waals surface area (Å²) in [6.07, 6.45) is 0.656. The largest absolute Gasteiger partial charge is 0.388 e. The molecular formula is C12H14INO2. The van der Waals surface area contributed by atoms with Crippen LogP contribution in [0, 0.1) is 3.57 Å². The van der Waals surface area contributed by atoms with Crippen molar-refractivity contribution in [3.05, 3.63) is 33.4 Å². The second kappa shape index (κ2) is 4.33. The van der Waals surface area contributed by atoms with Crippen molar-refractivity contribution in [2.45, 2.75) is 18.9 Å². The van der Waals surface area contributed by atoms with Gasteiger partial charge >= 0.3 is 0 Å². The van der Waals surface area contributed by atoms with E-state index in [-0.39, 0.29) is 5.91 Å². The lowest BCUT2D eigenvalue weighted by molar-refractivity contribution is 0.0572. The summed E-state index contributed by atoms with van der Waals surface area (Å²) in [5.41, 5.74) is -0.0306. The molecule has 1 atom stereocenters. The van der Waals surface area contributed by atoms with Crippen LogP contribution in [-0.4, -0.2) is 34.6 Å². The van der Waals surface area contributed by atoms with E-state index in [4.69, 9.17) is 0 Å². The lowest BCUT2D eigenvalue weighted by Gasteiger charge is -2.19. The summed E-state index contributed by atoms with van der Waals surface area (Å²) in [4.78, 5) is 13.8. The van der Waals surface area contributed by atoms with Crippen molar-refractivity contribution < 1.29 is 9.90 Å². The first-order valence-corrected chi connectivity index (χ1v) is 6.33. The first kappa shape index (κ1) is 11.9. The van der Waals surface area contributed by atoms with Crippen LogP contribution in [-0.2, 0) is 0 Å². The molecule has 1 amide bonds. The van der Waals surface area contributed by atoms with Gasteiger partial charge in [0.1, 0.15) is 0 Å². The highest BCUT2D eigenvalue weighted by molar-refractivity contribution is 14.1. The highest BCUT2D eigenvalue weighted by Gasteiger charge is 2.34. The monoisotopic (exact) mass is 331 g/mol. The van der Waals surface area contributed by atoms with E-state index in [0.717, 1.165) is 3.57 Å². The predicted molar refractivity (Wildman–Crippen MR) is 70.3 cm³/mol. The van der Waals surface area contributed by atoms with Gasteiger partial charge in [-0.05, 0) is 60.2 Å². The number of β-amino-alcohol motifs (C(OH)–C–C–N with tert-alkyl or cyclic N) is 1. The quantitative estimate of drug-likeness (QED) is 0.799. The van der Waals surface area contributed by atoms with Gasteiger partial charge in [0, 0.05) is 22.2 Å². The first-order valence-electron chi connectivity index (χ1n) is 5.25. The molecule has 1 aliphatic rings. The Morgan fingerprint density at radius 1 is 1.44 bits per heavy atom. The number of rotatable bonds is 1. The van der Waals surface area contributed by atoms with Crippen LogP contribution in [0.2, 0.25) is 0 Å². The number of hydrogen-bond donors (Lipinski definition) is 1. The fourth-order valence-electron chi connectivity index (χ4n) is 1.89. The van der Waals surface area contributed by atoms with Crippen LogP contribution in [0.5, 0.6) is 0 Å². The minimum absolute atomic E-state index is 0.00850. The van der Waals surface area contributed by atoms with Gasteiger partial charge in [-0.2, -0.15) is 0 Å². The molecule has 0 saturated carbocycles. The summed E-state index contributed by atoms with van der Waals surface area (Å²) in [7, 11) is 0. The van der Waals surface area contributed by atoms with E-state index in [9.17, 15) is 9.90 Å². The topological polar surface area (TPSA) is 40.5 Å². The Labute approximate surface area is 109 Å². The smallest absolute Gasteiger partial charge is 0.253 e. The molecule has 0 aromatic heterocycles. The van der Waals surface area contributed by atoms with Crippen LogP contribution in [0.15, 0.2) is 24.3 Å². The summed E-state index contributed by atoms with van der Waals surface area (Å²) in [5, 5.41) is 9.81. The number of hydrogen-bond acceptors (Lipinski definition) is 2. The molecular weight excluding hydrogens is 317 g/mol. The Bertz CT molecular complexity index is 400. The van der Waals surface area contributed by atoms with E-state index in [1.165, 1.54) is 0 Å². The van der Waals surface area contributed by atoms with Crippen molar-refractivity contribution in [1.29, 1.82) is 0 Å². The average molecular weight is 331 g/mol. The third-order valence-corrected chi connectivity index (χ3v) is 3.55. The van der Waals surface area contributed by atoms with Gasteiger partial charge in [-0.25, -0.2) is 0 Å². The third-order valence-electron chi connectivity index (χ3n) is 2.83. The Morgan fingerprint density at radius 3 is 2.56 bits per heavy atom. The standard InChI is InChI=1S/C12H14INO2/c1-12(16)6-7-14(8-12)11(15)9-2-4-10(13)5-3-9/h2-5,16H,6-8H2,1H3. The van der Waals surface area contributed by atoms with Crippen molar-refractivity contribution in [3.63, 3.8) is 0 Å². The Balaban J connectivity index is 2.12. The van der Waals surface area contributed by atoms with Gasteiger partial charge in [0.05, 0.1) is 5.60 Å². The normalized spacial score (nSPS) is 24.8. The fourth-order valence-corrected chi connectivity index (χ4v) is 2.25. The molecule has 1 aromatic carbocycles. The van der Waals surface area contributed by atoms with Gasteiger partial charge in [0.2, 0.25) is 0 Å². The van der Waals surface area contributed by atoms with Crippen molar-refractivity contribution in [1.82, 2.24) is 4.90 Å². The molecule has 0 radical (unpaired) electrons. The van der Waals surface area contributed by atoms with Crippen LogP contribution < -0.4 is 0 Å². The molecule has 0 aliphatic carbocycles. The van der Waals surface area contributed by atoms with Gasteiger partial charge in [0.25, 0.3) is 5.91 Å². The molecule has 86 valence electrons. The van der Waals surface area contributed by atoms with E-state index in [2.05, 4.69) is 22.6 Å². The van der Waals surface area contributed by atoms with Crippen molar-refractivity contribution >= 4 is 28.5 Å². The highest BCUT2D eigenvalue weighted by atomic mass is 127. The maximum absolute atomic E-state index is 12.1. The molecule has 3 nitrogen and oxygen atoms in total. The number of amides is 1. The molecule has 0 spiro atoms. The zero-order valence-electron chi connectivity index (χ0n) is 9.11. The number of halogens is 1. The SMILES string of the molecule is CC1(O)CCN(C(=O)c2ccc(I)cc2)C1. The van der Waals surface area contributed by atoms with Crippen LogP contribution in [0.4, 0.5) is 0 Å². The van der Waals surface area contributed by atoms with Gasteiger partial charge in [-0.1, -0.05) is 0 Å². The van der Waals surface area contributed by atoms with Crippen molar-refractivity contribution in [2.24, 2.45) is 0 Å². The molecule has 1 aromatic rings. The van der Waals surface area contributed by atoms with E-state index in [1.807, 2.05) is 24.3 Å². The molecule has 1 aliphatic heterocycles. The molecule has 1 heterocycles. The van der Waals surface area contributed by atoms with E-state index in [1.54, 1.807) is 11.8 Å². The molecule has 16 heavy (non-hydrogen) atoms. The highest BCUT2D eigenvalue weighted by Crippen LogP contribution is 2.22. The van der Waals surface area contributed by atoms with Crippen molar-refractivity contribution in [3.8, 4) is 0 Å². The number of benzene rings is 1. The maximum atomic E-state index is 12.1. The second-order valence-electron chi connectivity index (χ2n) is 4.48. The van der Waals surface area contributed by atoms with Gasteiger partial charge in [0.15, 0.2) is 0 Å². The van der Waals surface area contributed by atoms with E-state index < -0.39 is 5.60 Å². The predicted octanol–water partition coefficient (Wildman–Crippen LogP) is 1.89. The van der Waals surface area contributed by atoms with Crippen LogP contribution in [0.3, 0.4) is 0 Å². The molecule has 0 bridgehead atoms. The summed E-state index contributed by atoms with van der Waals surface area (Å²) >= 11 is 2.21. The van der Waals surface area contributed by atoms with Gasteiger partial charge in [-0.3, -0.25) is 4.79 Å². The molecule has 1 saturated heterocycles. The minimum Gasteiger partial charge on any atom is -0.388 e. The number of carbonyl (C=O) groups is 1. The summed E-state index contributed by atoms with van der Waals surface area (Å²) in [5.74, 6) is 0.00850. The molecule has 1 N–H and O–H groups in total. The van der Waals surface area contributed by atoms with Gasteiger partial charge < -0.3 is 10.0 Å². The number of likely N-dealkylation sites (tertiary alicyclic amines) is 1. The van der Waals surface area contributed by atoms with E-state index in [0.29, 0.717) is 25.1 Å². The van der Waals surface area contributed by atoms with E-state index >= 15 is 0 Å². The zero-order chi connectivity index (χ0) is 11.8. The summed E-state index contributed by atoms with van der Waals surface area (Å²) < 4.78 is 1.11. The third kappa shape index (κ3) is 2.55. The average Bonchev–Trinajstić information content (AvgIpc) is 2.59. The molecule has 1 fully saturated rings. The lowest BCUT2D eigenvalue weighted by Crippen LogP contribution is -2.33.